The average molecular weight is 368 g/mol. The molecule has 27 heavy (non-hydrogen) atoms. The van der Waals surface area contributed by atoms with Crippen LogP contribution in [0.3, 0.4) is 0 Å². The first kappa shape index (κ1) is 18.9. The van der Waals surface area contributed by atoms with Gasteiger partial charge in [0.2, 0.25) is 0 Å². The van der Waals surface area contributed by atoms with Gasteiger partial charge in [-0.15, -0.1) is 0 Å². The second kappa shape index (κ2) is 7.40. The van der Waals surface area contributed by atoms with Crippen molar-refractivity contribution in [3.8, 4) is 0 Å². The number of hydrogen-bond donors (Lipinski definition) is 3. The van der Waals surface area contributed by atoms with E-state index >= 15 is 0 Å². The number of carbonyl (C=O) groups is 2. The number of carboxylic acids is 1. The summed E-state index contributed by atoms with van der Waals surface area (Å²) in [4.78, 5) is 25.8. The summed E-state index contributed by atoms with van der Waals surface area (Å²) in [6, 6.07) is 13.3. The molecule has 2 aromatic rings. The molecule has 6 nitrogen and oxygen atoms in total. The third-order valence-corrected chi connectivity index (χ3v) is 5.31. The van der Waals surface area contributed by atoms with Crippen LogP contribution in [0.2, 0.25) is 0 Å². The van der Waals surface area contributed by atoms with Crippen molar-refractivity contribution in [3.05, 3.63) is 59.2 Å². The number of likely N-dealkylation sites (tertiary alicyclic amines) is 1. The first-order valence-electron chi connectivity index (χ1n) is 8.99. The molecule has 1 saturated heterocycles. The Balaban J connectivity index is 1.81. The number of nitrogens with zero attached hydrogens (tertiary/aromatic N) is 1. The van der Waals surface area contributed by atoms with E-state index in [1.807, 2.05) is 44.2 Å². The molecule has 3 rings (SSSR count). The number of amides is 1. The highest BCUT2D eigenvalue weighted by molar-refractivity contribution is 6.00. The van der Waals surface area contributed by atoms with Crippen LogP contribution in [0.25, 0.3) is 0 Å². The molecule has 1 amide bonds. The molecule has 1 heterocycles. The predicted molar refractivity (Wildman–Crippen MR) is 103 cm³/mol. The van der Waals surface area contributed by atoms with E-state index in [-0.39, 0.29) is 31.8 Å². The van der Waals surface area contributed by atoms with E-state index in [0.717, 1.165) is 16.8 Å². The number of aryl methyl sites for hydroxylation is 1. The van der Waals surface area contributed by atoms with E-state index in [2.05, 4.69) is 5.32 Å². The van der Waals surface area contributed by atoms with Crippen molar-refractivity contribution in [2.75, 3.05) is 18.4 Å². The molecule has 3 N–H and O–H groups in total. The van der Waals surface area contributed by atoms with E-state index in [0.29, 0.717) is 11.3 Å². The number of nitrogens with one attached hydrogen (secondary N) is 1. The number of para-hydroxylation sites is 1. The summed E-state index contributed by atoms with van der Waals surface area (Å²) < 4.78 is 0. The summed E-state index contributed by atoms with van der Waals surface area (Å²) in [5, 5.41) is 22.6. The molecule has 0 aromatic heterocycles. The Labute approximate surface area is 158 Å². The molecule has 0 radical (unpaired) electrons. The lowest BCUT2D eigenvalue weighted by atomic mass is 9.91. The van der Waals surface area contributed by atoms with E-state index in [9.17, 15) is 14.7 Å². The van der Waals surface area contributed by atoms with Gasteiger partial charge in [0.1, 0.15) is 0 Å². The average Bonchev–Trinajstić information content (AvgIpc) is 2.66. The van der Waals surface area contributed by atoms with Crippen molar-refractivity contribution < 1.29 is 19.8 Å². The van der Waals surface area contributed by atoms with Gasteiger partial charge in [-0.3, -0.25) is 4.79 Å². The van der Waals surface area contributed by atoms with E-state index < -0.39 is 11.6 Å². The molecular weight excluding hydrogens is 344 g/mol. The van der Waals surface area contributed by atoms with Gasteiger partial charge in [-0.2, -0.15) is 0 Å². The van der Waals surface area contributed by atoms with Crippen molar-refractivity contribution in [3.63, 3.8) is 0 Å². The van der Waals surface area contributed by atoms with Gasteiger partial charge in [-0.05, 0) is 43.2 Å². The van der Waals surface area contributed by atoms with Crippen LogP contribution in [0.15, 0.2) is 42.5 Å². The molecule has 6 heteroatoms. The second-order valence-electron chi connectivity index (χ2n) is 7.05. The summed E-state index contributed by atoms with van der Waals surface area (Å²) >= 11 is 0. The van der Waals surface area contributed by atoms with Gasteiger partial charge in [-0.25, -0.2) is 4.79 Å². The number of carboxylic acid groups (broad SMARTS) is 1. The Morgan fingerprint density at radius 2 is 1.63 bits per heavy atom. The lowest BCUT2D eigenvalue weighted by Crippen LogP contribution is -2.50. The topological polar surface area (TPSA) is 89.9 Å². The monoisotopic (exact) mass is 368 g/mol. The fourth-order valence-corrected chi connectivity index (χ4v) is 3.27. The van der Waals surface area contributed by atoms with Crippen molar-refractivity contribution in [1.29, 1.82) is 0 Å². The normalized spacial score (nSPS) is 16.0. The molecule has 0 unspecified atom stereocenters. The molecule has 1 aliphatic rings. The minimum absolute atomic E-state index is 0.0284. The van der Waals surface area contributed by atoms with Crippen molar-refractivity contribution in [1.82, 2.24) is 4.90 Å². The first-order valence-corrected chi connectivity index (χ1v) is 8.99. The fourth-order valence-electron chi connectivity index (χ4n) is 3.27. The Hall–Kier alpha value is -2.86. The Morgan fingerprint density at radius 1 is 1.00 bits per heavy atom. The Bertz CT molecular complexity index is 870. The summed E-state index contributed by atoms with van der Waals surface area (Å²) in [6.45, 7) is 4.48. The maximum absolute atomic E-state index is 13.0. The van der Waals surface area contributed by atoms with Gasteiger partial charge in [0, 0.05) is 31.6 Å². The van der Waals surface area contributed by atoms with Crippen molar-refractivity contribution in [2.45, 2.75) is 32.3 Å². The summed E-state index contributed by atoms with van der Waals surface area (Å²) in [5.74, 6) is -1.40. The maximum atomic E-state index is 13.0. The number of hydrogen-bond acceptors (Lipinski definition) is 4. The molecular formula is C21H24N2O4. The number of benzene rings is 2. The van der Waals surface area contributed by atoms with Crippen LogP contribution in [-0.4, -0.2) is 45.7 Å². The minimum atomic E-state index is -1.74. The highest BCUT2D eigenvalue weighted by Gasteiger charge is 2.40. The molecule has 0 spiro atoms. The number of carbonyl (C=O) groups excluding carboxylic acids is 1. The minimum Gasteiger partial charge on any atom is -0.479 e. The van der Waals surface area contributed by atoms with Crippen LogP contribution < -0.4 is 5.32 Å². The summed E-state index contributed by atoms with van der Waals surface area (Å²) in [7, 11) is 0. The highest BCUT2D eigenvalue weighted by Crippen LogP contribution is 2.28. The first-order chi connectivity index (χ1) is 12.8. The van der Waals surface area contributed by atoms with Gasteiger partial charge in [0.25, 0.3) is 5.91 Å². The molecule has 0 aliphatic carbocycles. The van der Waals surface area contributed by atoms with Gasteiger partial charge < -0.3 is 20.4 Å². The van der Waals surface area contributed by atoms with Gasteiger partial charge in [0.05, 0.1) is 11.3 Å². The standard InChI is InChI=1S/C21H24N2O4/c1-14-6-5-9-17(15(14)2)22-18-8-4-3-7-16(18)19(24)23-12-10-21(27,11-13-23)20(25)26/h3-9,22,27H,10-13H2,1-2H3,(H,25,26). The summed E-state index contributed by atoms with van der Waals surface area (Å²) in [6.07, 6.45) is 0.0569. The van der Waals surface area contributed by atoms with Crippen molar-refractivity contribution in [2.24, 2.45) is 0 Å². The molecule has 0 bridgehead atoms. The van der Waals surface area contributed by atoms with E-state index in [4.69, 9.17) is 5.11 Å². The largest absolute Gasteiger partial charge is 0.479 e. The summed E-state index contributed by atoms with van der Waals surface area (Å²) in [5.41, 5.74) is 2.70. The zero-order valence-corrected chi connectivity index (χ0v) is 15.5. The predicted octanol–water partition coefficient (Wildman–Crippen LogP) is 3.10. The van der Waals surface area contributed by atoms with Gasteiger partial charge in [-0.1, -0.05) is 24.3 Å². The second-order valence-corrected chi connectivity index (χ2v) is 7.05. The van der Waals surface area contributed by atoms with E-state index in [1.54, 1.807) is 17.0 Å². The fraction of sp³-hybridized carbons (Fsp3) is 0.333. The van der Waals surface area contributed by atoms with Crippen LogP contribution in [0.5, 0.6) is 0 Å². The zero-order chi connectivity index (χ0) is 19.6. The third-order valence-electron chi connectivity index (χ3n) is 5.31. The Morgan fingerprint density at radius 3 is 2.30 bits per heavy atom. The van der Waals surface area contributed by atoms with Crippen LogP contribution in [0.1, 0.15) is 34.3 Å². The number of piperidine rings is 1. The van der Waals surface area contributed by atoms with Gasteiger partial charge >= 0.3 is 5.97 Å². The van der Waals surface area contributed by atoms with Crippen LogP contribution >= 0.6 is 0 Å². The van der Waals surface area contributed by atoms with Crippen molar-refractivity contribution >= 4 is 23.3 Å². The molecule has 0 saturated carbocycles. The maximum Gasteiger partial charge on any atom is 0.335 e. The Kier molecular flexibility index (Phi) is 5.19. The van der Waals surface area contributed by atoms with E-state index in [1.165, 1.54) is 0 Å². The molecule has 0 atom stereocenters. The SMILES string of the molecule is Cc1cccc(Nc2ccccc2C(=O)N2CCC(O)(C(=O)O)CC2)c1C. The lowest BCUT2D eigenvalue weighted by molar-refractivity contribution is -0.162. The van der Waals surface area contributed by atoms with Crippen LogP contribution in [-0.2, 0) is 4.79 Å². The quantitative estimate of drug-likeness (QED) is 0.772. The number of rotatable bonds is 4. The smallest absolute Gasteiger partial charge is 0.335 e. The molecule has 2 aromatic carbocycles. The number of aliphatic carboxylic acids is 1. The van der Waals surface area contributed by atoms with Crippen LogP contribution in [0.4, 0.5) is 11.4 Å². The number of anilines is 2. The zero-order valence-electron chi connectivity index (χ0n) is 15.5. The molecule has 142 valence electrons. The molecule has 1 aliphatic heterocycles. The van der Waals surface area contributed by atoms with Crippen LogP contribution in [0, 0.1) is 13.8 Å². The highest BCUT2D eigenvalue weighted by atomic mass is 16.4. The lowest BCUT2D eigenvalue weighted by Gasteiger charge is -2.35. The third kappa shape index (κ3) is 3.80. The number of aliphatic hydroxyl groups is 1. The molecule has 1 fully saturated rings. The van der Waals surface area contributed by atoms with Gasteiger partial charge in [0.15, 0.2) is 5.60 Å².